The number of aliphatic carboxylic acids is 1. The zero-order valence-electron chi connectivity index (χ0n) is 17.0. The van der Waals surface area contributed by atoms with Crippen molar-refractivity contribution in [2.24, 2.45) is 5.92 Å². The Morgan fingerprint density at radius 3 is 2.77 bits per heavy atom. The first-order chi connectivity index (χ1) is 14.2. The average Bonchev–Trinajstić information content (AvgIpc) is 3.04. The van der Waals surface area contributed by atoms with Crippen molar-refractivity contribution in [2.75, 3.05) is 6.54 Å². The lowest BCUT2D eigenvalue weighted by atomic mass is 9.86. The smallest absolute Gasteiger partial charge is 0.307 e. The van der Waals surface area contributed by atoms with Gasteiger partial charge in [0.1, 0.15) is 11.6 Å². The van der Waals surface area contributed by atoms with E-state index in [0.29, 0.717) is 12.0 Å². The number of carboxylic acids is 1. The van der Waals surface area contributed by atoms with Gasteiger partial charge >= 0.3 is 5.97 Å². The number of benzene rings is 2. The maximum absolute atomic E-state index is 15.2. The van der Waals surface area contributed by atoms with Gasteiger partial charge in [-0.25, -0.2) is 8.78 Å². The maximum Gasteiger partial charge on any atom is 0.307 e. The molecule has 0 bridgehead atoms. The third-order valence-electron chi connectivity index (χ3n) is 6.15. The standard InChI is InChI=1S/C23H23BrF2N2O2/c1-11(23(29)30)10-28-12(2)8-16-15-9-14(25)4-7-19(15)27-21(16)22(28)20-13(3)17(24)5-6-18(20)26/h4-7,9,11-12,22,27H,8,10H2,1-3H3,(H,29,30)/t11-,12+,22+/m0/s1. The van der Waals surface area contributed by atoms with E-state index in [0.717, 1.165) is 32.2 Å². The second kappa shape index (κ2) is 7.78. The quantitative estimate of drug-likeness (QED) is 0.517. The summed E-state index contributed by atoms with van der Waals surface area (Å²) in [4.78, 5) is 17.0. The van der Waals surface area contributed by atoms with Gasteiger partial charge in [0.25, 0.3) is 0 Å². The normalized spacial score (nSPS) is 20.3. The molecule has 0 radical (unpaired) electrons. The lowest BCUT2D eigenvalue weighted by Gasteiger charge is -2.42. The molecule has 1 aliphatic heterocycles. The Morgan fingerprint density at radius 2 is 2.07 bits per heavy atom. The summed E-state index contributed by atoms with van der Waals surface area (Å²) >= 11 is 3.50. The number of carboxylic acid groups (broad SMARTS) is 1. The molecule has 3 aromatic rings. The van der Waals surface area contributed by atoms with Crippen molar-refractivity contribution in [3.8, 4) is 0 Å². The Hall–Kier alpha value is -2.25. The third-order valence-corrected chi connectivity index (χ3v) is 7.01. The van der Waals surface area contributed by atoms with Gasteiger partial charge in [0.15, 0.2) is 0 Å². The molecule has 0 spiro atoms. The zero-order chi connectivity index (χ0) is 21.7. The van der Waals surface area contributed by atoms with Gasteiger partial charge in [-0.2, -0.15) is 0 Å². The molecule has 0 saturated heterocycles. The first kappa shape index (κ1) is 21.0. The number of rotatable bonds is 4. The highest BCUT2D eigenvalue weighted by Gasteiger charge is 2.39. The Balaban J connectivity index is 1.97. The van der Waals surface area contributed by atoms with Crippen LogP contribution in [-0.4, -0.2) is 33.5 Å². The fourth-order valence-corrected chi connectivity index (χ4v) is 4.87. The van der Waals surface area contributed by atoms with E-state index in [1.54, 1.807) is 19.1 Å². The number of hydrogen-bond donors (Lipinski definition) is 2. The summed E-state index contributed by atoms with van der Waals surface area (Å²) in [5.74, 6) is -2.18. The summed E-state index contributed by atoms with van der Waals surface area (Å²) in [6.45, 7) is 5.79. The van der Waals surface area contributed by atoms with Crippen LogP contribution >= 0.6 is 15.9 Å². The van der Waals surface area contributed by atoms with Crippen LogP contribution in [0.25, 0.3) is 10.9 Å². The van der Waals surface area contributed by atoms with Crippen molar-refractivity contribution in [1.82, 2.24) is 9.88 Å². The topological polar surface area (TPSA) is 56.3 Å². The molecule has 3 atom stereocenters. The molecular formula is C23H23BrF2N2O2. The minimum atomic E-state index is -0.892. The van der Waals surface area contributed by atoms with Crippen molar-refractivity contribution in [1.29, 1.82) is 0 Å². The molecule has 4 rings (SSSR count). The van der Waals surface area contributed by atoms with E-state index in [-0.39, 0.29) is 24.2 Å². The number of nitrogens with one attached hydrogen (secondary N) is 1. The van der Waals surface area contributed by atoms with Crippen LogP contribution in [0.1, 0.15) is 42.3 Å². The molecule has 2 aromatic carbocycles. The summed E-state index contributed by atoms with van der Waals surface area (Å²) in [6, 6.07) is 7.15. The fraction of sp³-hybridized carbons (Fsp3) is 0.348. The van der Waals surface area contributed by atoms with E-state index in [9.17, 15) is 14.3 Å². The molecule has 30 heavy (non-hydrogen) atoms. The second-order valence-corrected chi connectivity index (χ2v) is 9.02. The first-order valence-electron chi connectivity index (χ1n) is 9.92. The average molecular weight is 477 g/mol. The molecule has 1 aromatic heterocycles. The molecule has 4 nitrogen and oxygen atoms in total. The highest BCUT2D eigenvalue weighted by Crippen LogP contribution is 2.43. The minimum Gasteiger partial charge on any atom is -0.481 e. The third kappa shape index (κ3) is 3.44. The van der Waals surface area contributed by atoms with Crippen molar-refractivity contribution < 1.29 is 18.7 Å². The molecule has 1 aliphatic rings. The minimum absolute atomic E-state index is 0.0515. The summed E-state index contributed by atoms with van der Waals surface area (Å²) in [6.07, 6.45) is 0.621. The monoisotopic (exact) mass is 476 g/mol. The number of halogens is 3. The molecule has 0 aliphatic carbocycles. The number of aromatic nitrogens is 1. The largest absolute Gasteiger partial charge is 0.481 e. The van der Waals surface area contributed by atoms with Crippen molar-refractivity contribution in [3.05, 3.63) is 68.8 Å². The number of carbonyl (C=O) groups is 1. The van der Waals surface area contributed by atoms with E-state index in [2.05, 4.69) is 20.9 Å². The number of H-pyrrole nitrogens is 1. The molecule has 2 heterocycles. The lowest BCUT2D eigenvalue weighted by molar-refractivity contribution is -0.142. The molecule has 7 heteroatoms. The Bertz CT molecular complexity index is 1140. The Kier molecular flexibility index (Phi) is 5.45. The van der Waals surface area contributed by atoms with Crippen LogP contribution in [0.5, 0.6) is 0 Å². The fourth-order valence-electron chi connectivity index (χ4n) is 4.52. The van der Waals surface area contributed by atoms with Crippen LogP contribution in [0.2, 0.25) is 0 Å². The number of nitrogens with zero attached hydrogens (tertiary/aromatic N) is 1. The van der Waals surface area contributed by atoms with Crippen LogP contribution < -0.4 is 0 Å². The predicted octanol–water partition coefficient (Wildman–Crippen LogP) is 5.57. The van der Waals surface area contributed by atoms with E-state index < -0.39 is 17.9 Å². The van der Waals surface area contributed by atoms with Gasteiger partial charge in [-0.1, -0.05) is 22.9 Å². The summed E-state index contributed by atoms with van der Waals surface area (Å²) in [7, 11) is 0. The van der Waals surface area contributed by atoms with E-state index in [4.69, 9.17) is 0 Å². The summed E-state index contributed by atoms with van der Waals surface area (Å²) in [5.41, 5.74) is 3.81. The number of hydrogen-bond acceptors (Lipinski definition) is 2. The first-order valence-corrected chi connectivity index (χ1v) is 10.7. The summed E-state index contributed by atoms with van der Waals surface area (Å²) < 4.78 is 29.9. The number of aromatic amines is 1. The van der Waals surface area contributed by atoms with Gasteiger partial charge in [0.2, 0.25) is 0 Å². The van der Waals surface area contributed by atoms with Crippen LogP contribution in [0, 0.1) is 24.5 Å². The van der Waals surface area contributed by atoms with Crippen molar-refractivity contribution in [3.63, 3.8) is 0 Å². The molecule has 0 amide bonds. The molecular weight excluding hydrogens is 454 g/mol. The second-order valence-electron chi connectivity index (χ2n) is 8.17. The molecule has 2 N–H and O–H groups in total. The van der Waals surface area contributed by atoms with Crippen LogP contribution in [0.3, 0.4) is 0 Å². The van der Waals surface area contributed by atoms with Gasteiger partial charge in [-0.3, -0.25) is 9.69 Å². The molecule has 158 valence electrons. The molecule has 0 saturated carbocycles. The highest BCUT2D eigenvalue weighted by atomic mass is 79.9. The Morgan fingerprint density at radius 1 is 1.33 bits per heavy atom. The molecule has 0 unspecified atom stereocenters. The van der Waals surface area contributed by atoms with Gasteiger partial charge in [-0.05, 0) is 61.7 Å². The van der Waals surface area contributed by atoms with E-state index in [1.807, 2.05) is 18.7 Å². The molecule has 0 fully saturated rings. The van der Waals surface area contributed by atoms with Crippen LogP contribution in [0.15, 0.2) is 34.8 Å². The van der Waals surface area contributed by atoms with Gasteiger partial charge in [0, 0.05) is 39.2 Å². The highest BCUT2D eigenvalue weighted by molar-refractivity contribution is 9.10. The lowest BCUT2D eigenvalue weighted by Crippen LogP contribution is -2.46. The van der Waals surface area contributed by atoms with Gasteiger partial charge in [-0.15, -0.1) is 0 Å². The summed E-state index contributed by atoms with van der Waals surface area (Å²) in [5, 5.41) is 10.3. The van der Waals surface area contributed by atoms with Crippen molar-refractivity contribution in [2.45, 2.75) is 39.3 Å². The Labute approximate surface area is 182 Å². The van der Waals surface area contributed by atoms with Gasteiger partial charge < -0.3 is 10.1 Å². The zero-order valence-corrected chi connectivity index (χ0v) is 18.6. The van der Waals surface area contributed by atoms with Crippen LogP contribution in [-0.2, 0) is 11.2 Å². The van der Waals surface area contributed by atoms with E-state index >= 15 is 4.39 Å². The van der Waals surface area contributed by atoms with E-state index in [1.165, 1.54) is 18.2 Å². The maximum atomic E-state index is 15.2. The number of fused-ring (bicyclic) bond motifs is 3. The van der Waals surface area contributed by atoms with Crippen molar-refractivity contribution >= 4 is 32.8 Å². The van der Waals surface area contributed by atoms with Crippen LogP contribution in [0.4, 0.5) is 8.78 Å². The predicted molar refractivity (Wildman–Crippen MR) is 116 cm³/mol. The van der Waals surface area contributed by atoms with Gasteiger partial charge in [0.05, 0.1) is 12.0 Å². The SMILES string of the molecule is Cc1c(Br)ccc(F)c1[C@@H]1c2[nH]c3ccc(F)cc3c2C[C@@H](C)N1C[C@H](C)C(=O)O.